The summed E-state index contributed by atoms with van der Waals surface area (Å²) in [6, 6.07) is 28.2. The Morgan fingerprint density at radius 2 is 0.957 bits per heavy atom. The standard InChI is InChI=1S/C25H37N5O2Si.C25H35N5O2Si.C20H24N4O.ClH.H2/c2*1-19(2)14-20-6-7-22-21(15-20)25(30(28-22)18-32-12-13-33(3,4)5)23-16-24(27-17-26-23)29-8-10-31-11-9-29;1-14(2)9-15-3-4-16-12-21-20(17(16)10-15)18-11-19(23-13-22-18)24-5-7-25-8-6-24;;/h6-7,15-17,19H,8-14,18H2,1-5H3;6-7,14-17H,8-13,18H2,1-5H3;3-4,10-11,13-14H,5-9,12H2,1-2H3;2*1H. The summed E-state index contributed by atoms with van der Waals surface area (Å²) in [5.74, 6) is 4.05. The highest BCUT2D eigenvalue weighted by Crippen LogP contribution is 2.34. The number of morpholine rings is 3. The smallest absolute Gasteiger partial charge is 0.140 e. The number of allylic oxidation sites excluding steroid dienone is 1. The number of rotatable bonds is 21. The maximum Gasteiger partial charge on any atom is 0.140 e. The molecule has 0 bridgehead atoms. The van der Waals surface area contributed by atoms with E-state index in [1.165, 1.54) is 27.8 Å². The Morgan fingerprint density at radius 3 is 1.41 bits per heavy atom. The first kappa shape index (κ1) is 69.5. The van der Waals surface area contributed by atoms with Crippen LogP contribution in [0.15, 0.2) is 102 Å². The molecule has 5 aromatic heterocycles. The fourth-order valence-corrected chi connectivity index (χ4v) is 13.0. The lowest BCUT2D eigenvalue weighted by molar-refractivity contribution is 0.0801. The van der Waals surface area contributed by atoms with Crippen LogP contribution in [0.3, 0.4) is 0 Å². The van der Waals surface area contributed by atoms with Crippen molar-refractivity contribution in [3.05, 3.63) is 131 Å². The van der Waals surface area contributed by atoms with E-state index >= 15 is 0 Å². The monoisotopic (exact) mass is 1310 g/mol. The van der Waals surface area contributed by atoms with E-state index in [0.29, 0.717) is 25.3 Å². The van der Waals surface area contributed by atoms with Gasteiger partial charge in [-0.15, -0.1) is 12.4 Å². The molecule has 8 aromatic rings. The third-order valence-corrected chi connectivity index (χ3v) is 19.7. The zero-order valence-corrected chi connectivity index (χ0v) is 59.3. The first-order valence-electron chi connectivity index (χ1n) is 32.7. The first-order chi connectivity index (χ1) is 43.8. The van der Waals surface area contributed by atoms with Crippen LogP contribution in [-0.2, 0) is 56.5 Å². The van der Waals surface area contributed by atoms with E-state index < -0.39 is 16.1 Å². The number of hydrogen-bond acceptors (Lipinski definition) is 17. The molecule has 3 fully saturated rings. The Kier molecular flexibility index (Phi) is 24.4. The molecule has 3 aromatic carbocycles. The van der Waals surface area contributed by atoms with Crippen molar-refractivity contribution < 1.29 is 25.1 Å². The molecular weight excluding hydrogens is 1210 g/mol. The number of aliphatic imine (C=N–C) groups is 1. The summed E-state index contributed by atoms with van der Waals surface area (Å²) in [6.07, 6.45) is 9.27. The molecule has 4 aliphatic rings. The van der Waals surface area contributed by atoms with Crippen LogP contribution < -0.4 is 14.7 Å². The first-order valence-corrected chi connectivity index (χ1v) is 40.1. The van der Waals surface area contributed by atoms with Crippen LogP contribution in [0.4, 0.5) is 17.5 Å². The summed E-state index contributed by atoms with van der Waals surface area (Å²) in [7, 11) is -2.30. The molecule has 9 heterocycles. The summed E-state index contributed by atoms with van der Waals surface area (Å²) in [5, 5.41) is 12.0. The van der Waals surface area contributed by atoms with E-state index in [9.17, 15) is 0 Å². The van der Waals surface area contributed by atoms with Crippen molar-refractivity contribution in [3.63, 3.8) is 0 Å². The summed E-state index contributed by atoms with van der Waals surface area (Å²) in [5.41, 5.74) is 15.1. The molecule has 0 atom stereocenters. The van der Waals surface area contributed by atoms with Gasteiger partial charge in [-0.25, -0.2) is 39.3 Å². The molecule has 12 rings (SSSR count). The van der Waals surface area contributed by atoms with Crippen LogP contribution in [0, 0.1) is 11.8 Å². The van der Waals surface area contributed by atoms with Crippen LogP contribution in [0.5, 0.6) is 0 Å². The average Bonchev–Trinajstić information content (AvgIpc) is 1.76. The van der Waals surface area contributed by atoms with Gasteiger partial charge in [0.05, 0.1) is 91.4 Å². The molecule has 0 saturated carbocycles. The minimum atomic E-state index is -1.15. The zero-order chi connectivity index (χ0) is 64.1. The molecule has 0 radical (unpaired) electrons. The van der Waals surface area contributed by atoms with Crippen molar-refractivity contribution in [1.82, 2.24) is 49.5 Å². The number of anilines is 3. The average molecular weight is 1310 g/mol. The van der Waals surface area contributed by atoms with Crippen LogP contribution >= 0.6 is 12.4 Å². The van der Waals surface area contributed by atoms with Gasteiger partial charge < -0.3 is 38.4 Å². The second-order valence-electron chi connectivity index (χ2n) is 27.7. The quantitative estimate of drug-likeness (QED) is 0.0489. The molecule has 92 heavy (non-hydrogen) atoms. The second kappa shape index (κ2) is 32.3. The maximum atomic E-state index is 6.09. The Balaban J connectivity index is 0.000000179. The number of nitrogens with zero attached hydrogens (tertiary/aromatic N) is 14. The summed E-state index contributed by atoms with van der Waals surface area (Å²) in [6.45, 7) is 40.0. The Bertz CT molecular complexity index is 3770. The lowest BCUT2D eigenvalue weighted by Gasteiger charge is -2.27. The highest BCUT2D eigenvalue weighted by atomic mass is 35.5. The molecule has 0 unspecified atom stereocenters. The van der Waals surface area contributed by atoms with Gasteiger partial charge in [-0.2, -0.15) is 10.2 Å². The van der Waals surface area contributed by atoms with Crippen molar-refractivity contribution >= 4 is 79.6 Å². The number of hydrogen-bond donors (Lipinski definition) is 0. The predicted molar refractivity (Wildman–Crippen MR) is 382 cm³/mol. The minimum absolute atomic E-state index is 0. The fourth-order valence-electron chi connectivity index (χ4n) is 11.5. The van der Waals surface area contributed by atoms with Gasteiger partial charge in [0, 0.05) is 105 Å². The molecule has 494 valence electrons. The van der Waals surface area contributed by atoms with Crippen LogP contribution in [0.25, 0.3) is 50.7 Å². The highest BCUT2D eigenvalue weighted by Gasteiger charge is 2.25. The van der Waals surface area contributed by atoms with Gasteiger partial charge >= 0.3 is 0 Å². The fraction of sp³-hybridized carbons (Fsp3) is 0.500. The third kappa shape index (κ3) is 19.2. The Hall–Kier alpha value is -6.83. The van der Waals surface area contributed by atoms with Gasteiger partial charge in [-0.3, -0.25) is 4.99 Å². The zero-order valence-electron chi connectivity index (χ0n) is 56.5. The van der Waals surface area contributed by atoms with Crippen molar-refractivity contribution in [2.75, 3.05) is 107 Å². The third-order valence-electron chi connectivity index (χ3n) is 16.3. The van der Waals surface area contributed by atoms with E-state index in [1.807, 2.05) is 9.36 Å². The SMILES string of the molecule is CC(C)=Cc1ccc2nn(COCC[Si](C)(C)C)c(-c3cc(N4CCOCC4)ncn3)c2c1.CC(C)Cc1ccc2c(c1)C(c1cc(N3CCOCC3)ncn1)=NC2.CC(C)Cc1ccc2nn(COCC[Si](C)(C)C)c(-c3cc(N4CCOCC4)ncn3)c2c1.Cl.[HH]. The number of benzene rings is 3. The van der Waals surface area contributed by atoms with Crippen molar-refractivity contribution in [3.8, 4) is 22.8 Å². The summed E-state index contributed by atoms with van der Waals surface area (Å²) in [4.78, 5) is 38.9. The lowest BCUT2D eigenvalue weighted by Crippen LogP contribution is -2.36. The Morgan fingerprint density at radius 1 is 0.533 bits per heavy atom. The van der Waals surface area contributed by atoms with Gasteiger partial charge in [0.1, 0.15) is 49.9 Å². The normalized spacial score (nSPS) is 15.2. The minimum Gasteiger partial charge on any atom is -0.378 e. The van der Waals surface area contributed by atoms with Crippen LogP contribution in [0.1, 0.15) is 76.5 Å². The molecule has 19 nitrogen and oxygen atoms in total. The van der Waals surface area contributed by atoms with Gasteiger partial charge in [0.2, 0.25) is 0 Å². The number of aromatic nitrogens is 10. The number of ether oxygens (including phenoxy) is 5. The van der Waals surface area contributed by atoms with E-state index in [4.69, 9.17) is 38.9 Å². The maximum absolute atomic E-state index is 6.09. The van der Waals surface area contributed by atoms with Crippen LogP contribution in [-0.4, -0.2) is 163 Å². The van der Waals surface area contributed by atoms with E-state index in [-0.39, 0.29) is 13.8 Å². The molecular formula is C70H99ClN14O5Si2. The predicted octanol–water partition coefficient (Wildman–Crippen LogP) is 13.4. The van der Waals surface area contributed by atoms with Gasteiger partial charge in [0.25, 0.3) is 0 Å². The van der Waals surface area contributed by atoms with Crippen molar-refractivity contribution in [1.29, 1.82) is 0 Å². The van der Waals surface area contributed by atoms with Gasteiger partial charge in [0.15, 0.2) is 0 Å². The Labute approximate surface area is 554 Å². The number of halogens is 1. The molecule has 0 aliphatic carbocycles. The van der Waals surface area contributed by atoms with Crippen molar-refractivity contribution in [2.45, 2.75) is 126 Å². The van der Waals surface area contributed by atoms with Gasteiger partial charge in [-0.05, 0) is 103 Å². The topological polar surface area (TPSA) is 181 Å². The van der Waals surface area contributed by atoms with E-state index in [0.717, 1.165) is 203 Å². The van der Waals surface area contributed by atoms with Gasteiger partial charge in [-0.1, -0.05) is 103 Å². The molecule has 22 heteroatoms. The highest BCUT2D eigenvalue weighted by molar-refractivity contribution is 6.76. The van der Waals surface area contributed by atoms with Crippen LogP contribution in [0.2, 0.25) is 51.4 Å². The molecule has 0 spiro atoms. The molecule has 3 saturated heterocycles. The lowest BCUT2D eigenvalue weighted by atomic mass is 9.96. The molecule has 4 aliphatic heterocycles. The van der Waals surface area contributed by atoms with E-state index in [2.05, 4.69) is 204 Å². The second-order valence-corrected chi connectivity index (χ2v) is 38.9. The largest absolute Gasteiger partial charge is 0.378 e. The molecule has 0 amide bonds. The molecule has 0 N–H and O–H groups in total. The number of fused-ring (bicyclic) bond motifs is 3. The van der Waals surface area contributed by atoms with E-state index in [1.54, 1.807) is 19.0 Å². The van der Waals surface area contributed by atoms with Crippen molar-refractivity contribution in [2.24, 2.45) is 16.8 Å². The summed E-state index contributed by atoms with van der Waals surface area (Å²) >= 11 is 0. The summed E-state index contributed by atoms with van der Waals surface area (Å²) < 4.78 is 32.5.